The van der Waals surface area contributed by atoms with Crippen molar-refractivity contribution in [1.29, 1.82) is 0 Å². The van der Waals surface area contributed by atoms with E-state index in [9.17, 15) is 0 Å². The molecule has 0 fully saturated rings. The van der Waals surface area contributed by atoms with Crippen molar-refractivity contribution in [2.45, 2.75) is 0 Å². The van der Waals surface area contributed by atoms with Gasteiger partial charge in [-0.25, -0.2) is 14.6 Å². The summed E-state index contributed by atoms with van der Waals surface area (Å²) in [6.45, 7) is 0.226. The van der Waals surface area contributed by atoms with Crippen molar-refractivity contribution in [2.75, 3.05) is 6.79 Å². The van der Waals surface area contributed by atoms with Crippen LogP contribution in [-0.4, -0.2) is 31.5 Å². The first-order chi connectivity index (χ1) is 10.2. The molecule has 0 spiro atoms. The molecule has 0 saturated carbocycles. The van der Waals surface area contributed by atoms with E-state index in [-0.39, 0.29) is 11.8 Å². The van der Waals surface area contributed by atoms with Gasteiger partial charge in [0.05, 0.1) is 0 Å². The van der Waals surface area contributed by atoms with Crippen LogP contribution in [0.1, 0.15) is 5.82 Å². The number of rotatable bonds is 2. The number of fused-ring (bicyclic) bond motifs is 2. The van der Waals surface area contributed by atoms with E-state index >= 15 is 0 Å². The molecule has 0 amide bonds. The second kappa shape index (κ2) is 4.38. The smallest absolute Gasteiger partial charge is 0.231 e. The lowest BCUT2D eigenvalue weighted by molar-refractivity contribution is 0.174. The third kappa shape index (κ3) is 1.88. The predicted octanol–water partition coefficient (Wildman–Crippen LogP) is 1.18. The average molecular weight is 299 g/mol. The molecule has 0 radical (unpaired) electrons. The fraction of sp³-hybridized carbons (Fsp3) is 0.0769. The maximum atomic E-state index is 5.53. The second-order valence-electron chi connectivity index (χ2n) is 4.44. The molecule has 2 aromatic heterocycles. The molecule has 1 aromatic carbocycles. The summed E-state index contributed by atoms with van der Waals surface area (Å²) in [5, 5.41) is 6.07. The molecule has 1 aliphatic rings. The molecule has 0 bridgehead atoms. The summed E-state index contributed by atoms with van der Waals surface area (Å²) in [7, 11) is 0. The molecule has 0 unspecified atom stereocenters. The summed E-state index contributed by atoms with van der Waals surface area (Å²) >= 11 is 4.87. The zero-order valence-electron chi connectivity index (χ0n) is 10.7. The lowest BCUT2D eigenvalue weighted by Gasteiger charge is -2.06. The molecule has 7 nitrogen and oxygen atoms in total. The highest BCUT2D eigenvalue weighted by Crippen LogP contribution is 2.37. The largest absolute Gasteiger partial charge is 0.454 e. The SMILES string of the molecule is NC(=S)c1ncn(-c2nccc3cc4c(cc23)OCO4)n1. The van der Waals surface area contributed by atoms with Gasteiger partial charge in [-0.1, -0.05) is 12.2 Å². The summed E-state index contributed by atoms with van der Waals surface area (Å²) < 4.78 is 12.3. The quantitative estimate of drug-likeness (QED) is 0.711. The van der Waals surface area contributed by atoms with Gasteiger partial charge in [-0.15, -0.1) is 5.10 Å². The van der Waals surface area contributed by atoms with E-state index in [1.54, 1.807) is 10.9 Å². The first-order valence-electron chi connectivity index (χ1n) is 6.12. The van der Waals surface area contributed by atoms with E-state index < -0.39 is 0 Å². The molecular weight excluding hydrogens is 290 g/mol. The Morgan fingerprint density at radius 3 is 2.81 bits per heavy atom. The van der Waals surface area contributed by atoms with Crippen molar-refractivity contribution < 1.29 is 9.47 Å². The Balaban J connectivity index is 1.93. The van der Waals surface area contributed by atoms with Gasteiger partial charge in [0.2, 0.25) is 12.6 Å². The summed E-state index contributed by atoms with van der Waals surface area (Å²) in [5.41, 5.74) is 5.53. The summed E-state index contributed by atoms with van der Waals surface area (Å²) in [5.74, 6) is 2.35. The fourth-order valence-corrected chi connectivity index (χ4v) is 2.30. The van der Waals surface area contributed by atoms with Gasteiger partial charge >= 0.3 is 0 Å². The van der Waals surface area contributed by atoms with E-state index in [2.05, 4.69) is 15.1 Å². The number of nitrogens with zero attached hydrogens (tertiary/aromatic N) is 4. The minimum atomic E-state index is 0.145. The molecule has 4 rings (SSSR count). The van der Waals surface area contributed by atoms with E-state index in [1.165, 1.54) is 6.33 Å². The van der Waals surface area contributed by atoms with Crippen molar-refractivity contribution in [3.05, 3.63) is 36.5 Å². The Hall–Kier alpha value is -2.74. The lowest BCUT2D eigenvalue weighted by Crippen LogP contribution is -2.12. The Kier molecular flexibility index (Phi) is 2.51. The number of benzene rings is 1. The van der Waals surface area contributed by atoms with Gasteiger partial charge in [0.15, 0.2) is 17.3 Å². The van der Waals surface area contributed by atoms with E-state index in [0.717, 1.165) is 16.5 Å². The van der Waals surface area contributed by atoms with Gasteiger partial charge in [-0.2, -0.15) is 0 Å². The van der Waals surface area contributed by atoms with Crippen LogP contribution in [-0.2, 0) is 0 Å². The van der Waals surface area contributed by atoms with Gasteiger partial charge in [-0.3, -0.25) is 0 Å². The van der Waals surface area contributed by atoms with Gasteiger partial charge in [-0.05, 0) is 23.6 Å². The van der Waals surface area contributed by atoms with Crippen LogP contribution in [0.5, 0.6) is 11.5 Å². The van der Waals surface area contributed by atoms with Crippen molar-refractivity contribution in [3.8, 4) is 17.3 Å². The van der Waals surface area contributed by atoms with Crippen molar-refractivity contribution in [1.82, 2.24) is 19.7 Å². The van der Waals surface area contributed by atoms with Crippen LogP contribution in [0.15, 0.2) is 30.7 Å². The number of hydrogen-bond donors (Lipinski definition) is 1. The first kappa shape index (κ1) is 12.0. The lowest BCUT2D eigenvalue weighted by atomic mass is 10.1. The summed E-state index contributed by atoms with van der Waals surface area (Å²) in [6.07, 6.45) is 3.23. The molecule has 3 heterocycles. The zero-order chi connectivity index (χ0) is 14.4. The third-order valence-electron chi connectivity index (χ3n) is 3.17. The van der Waals surface area contributed by atoms with Crippen LogP contribution in [0.2, 0.25) is 0 Å². The zero-order valence-corrected chi connectivity index (χ0v) is 11.5. The summed E-state index contributed by atoms with van der Waals surface area (Å²) in [4.78, 5) is 8.56. The Morgan fingerprint density at radius 1 is 1.24 bits per heavy atom. The summed E-state index contributed by atoms with van der Waals surface area (Å²) in [6, 6.07) is 5.68. The second-order valence-corrected chi connectivity index (χ2v) is 4.88. The average Bonchev–Trinajstić information content (AvgIpc) is 3.13. The van der Waals surface area contributed by atoms with Crippen LogP contribution in [0.3, 0.4) is 0 Å². The molecule has 2 N–H and O–H groups in total. The Morgan fingerprint density at radius 2 is 2.05 bits per heavy atom. The van der Waals surface area contributed by atoms with Gasteiger partial charge in [0.1, 0.15) is 11.3 Å². The molecule has 1 aliphatic heterocycles. The van der Waals surface area contributed by atoms with Crippen molar-refractivity contribution in [3.63, 3.8) is 0 Å². The number of pyridine rings is 1. The normalized spacial score (nSPS) is 12.8. The maximum absolute atomic E-state index is 5.53. The molecule has 0 atom stereocenters. The highest BCUT2D eigenvalue weighted by molar-refractivity contribution is 7.80. The van der Waals surface area contributed by atoms with Crippen LogP contribution in [0, 0.1) is 0 Å². The van der Waals surface area contributed by atoms with Crippen LogP contribution in [0.4, 0.5) is 0 Å². The predicted molar refractivity (Wildman–Crippen MR) is 78.7 cm³/mol. The molecular formula is C13H9N5O2S. The van der Waals surface area contributed by atoms with E-state index in [0.29, 0.717) is 17.4 Å². The molecule has 0 saturated heterocycles. The van der Waals surface area contributed by atoms with Crippen LogP contribution < -0.4 is 15.2 Å². The third-order valence-corrected chi connectivity index (χ3v) is 3.35. The highest BCUT2D eigenvalue weighted by Gasteiger charge is 2.17. The van der Waals surface area contributed by atoms with Crippen LogP contribution >= 0.6 is 12.2 Å². The highest BCUT2D eigenvalue weighted by atomic mass is 32.1. The molecule has 0 aliphatic carbocycles. The van der Waals surface area contributed by atoms with Crippen molar-refractivity contribution >= 4 is 28.0 Å². The Labute approximate surface area is 124 Å². The number of ether oxygens (including phenoxy) is 2. The van der Waals surface area contributed by atoms with Gasteiger partial charge in [0, 0.05) is 11.6 Å². The van der Waals surface area contributed by atoms with Crippen molar-refractivity contribution in [2.24, 2.45) is 5.73 Å². The van der Waals surface area contributed by atoms with Crippen LogP contribution in [0.25, 0.3) is 16.6 Å². The topological polar surface area (TPSA) is 88.1 Å². The first-order valence-corrected chi connectivity index (χ1v) is 6.53. The minimum absolute atomic E-state index is 0.145. The number of aromatic nitrogens is 4. The Bertz CT molecular complexity index is 876. The molecule has 8 heteroatoms. The molecule has 3 aromatic rings. The number of nitrogens with two attached hydrogens (primary N) is 1. The van der Waals surface area contributed by atoms with Gasteiger partial charge in [0.25, 0.3) is 0 Å². The number of thiocarbonyl (C=S) groups is 1. The molecule has 21 heavy (non-hydrogen) atoms. The monoisotopic (exact) mass is 299 g/mol. The van der Waals surface area contributed by atoms with E-state index in [1.807, 2.05) is 18.2 Å². The van der Waals surface area contributed by atoms with Gasteiger partial charge < -0.3 is 15.2 Å². The fourth-order valence-electron chi connectivity index (χ4n) is 2.21. The maximum Gasteiger partial charge on any atom is 0.231 e. The standard InChI is InChI=1S/C13H9N5O2S/c14-11(21)12-16-5-18(17-12)13-8-4-10-9(19-6-20-10)3-7(8)1-2-15-13/h1-5H,6H2,(H2,14,21). The number of hydrogen-bond acceptors (Lipinski definition) is 6. The molecule has 104 valence electrons. The van der Waals surface area contributed by atoms with E-state index in [4.69, 9.17) is 27.4 Å². The minimum Gasteiger partial charge on any atom is -0.454 e.